The predicted octanol–water partition coefficient (Wildman–Crippen LogP) is 5.37. The number of fused-ring (bicyclic) bond motifs is 1. The van der Waals surface area contributed by atoms with E-state index in [1.54, 1.807) is 6.08 Å². The number of azo groups is 1. The Hall–Kier alpha value is -3.60. The minimum absolute atomic E-state index is 0.0149. The van der Waals surface area contributed by atoms with Crippen molar-refractivity contribution in [3.05, 3.63) is 91.1 Å². The minimum Gasteiger partial charge on any atom is -0.288 e. The lowest BCUT2D eigenvalue weighted by Gasteiger charge is -2.25. The molecular weight excluding hydrogens is 336 g/mol. The van der Waals surface area contributed by atoms with Gasteiger partial charge in [-0.15, -0.1) is 0 Å². The van der Waals surface area contributed by atoms with Crippen LogP contribution in [-0.4, -0.2) is 11.5 Å². The second kappa shape index (κ2) is 7.74. The maximum Gasteiger partial charge on any atom is 0.202 e. The van der Waals surface area contributed by atoms with Crippen LogP contribution in [0.4, 0.5) is 17.1 Å². The molecule has 2 atom stereocenters. The van der Waals surface area contributed by atoms with Gasteiger partial charge in [0.2, 0.25) is 5.78 Å². The average Bonchev–Trinajstić information content (AvgIpc) is 2.73. The summed E-state index contributed by atoms with van der Waals surface area (Å²) in [6.07, 6.45) is 11.6. The number of carbonyl (C=O) groups is 1. The van der Waals surface area contributed by atoms with Crippen molar-refractivity contribution in [1.82, 2.24) is 0 Å². The van der Waals surface area contributed by atoms with E-state index in [2.05, 4.69) is 26.8 Å². The highest BCUT2D eigenvalue weighted by Crippen LogP contribution is 2.27. The smallest absolute Gasteiger partial charge is 0.202 e. The van der Waals surface area contributed by atoms with Gasteiger partial charge >= 0.3 is 0 Å². The summed E-state index contributed by atoms with van der Waals surface area (Å²) in [6.45, 7) is 0. The van der Waals surface area contributed by atoms with Gasteiger partial charge in [0.25, 0.3) is 0 Å². The first-order valence-electron chi connectivity index (χ1n) is 8.77. The van der Waals surface area contributed by atoms with Crippen LogP contribution in [0.1, 0.15) is 0 Å². The number of allylic oxidation sites excluding steroid dienone is 6. The highest BCUT2D eigenvalue weighted by Gasteiger charge is 2.29. The molecule has 0 amide bonds. The van der Waals surface area contributed by atoms with E-state index in [1.807, 2.05) is 78.9 Å². The molecule has 2 aromatic rings. The summed E-state index contributed by atoms with van der Waals surface area (Å²) in [6, 6.07) is 17.0. The summed E-state index contributed by atoms with van der Waals surface area (Å²) in [5.74, 6) is 0.116. The van der Waals surface area contributed by atoms with Crippen LogP contribution in [0.15, 0.2) is 106 Å². The van der Waals surface area contributed by atoms with Gasteiger partial charge < -0.3 is 0 Å². The second-order valence-corrected chi connectivity index (χ2v) is 6.29. The van der Waals surface area contributed by atoms with Crippen LogP contribution in [-0.2, 0) is 4.79 Å². The van der Waals surface area contributed by atoms with Gasteiger partial charge in [-0.1, -0.05) is 48.6 Å². The normalized spacial score (nSPS) is 22.4. The standard InChI is InChI=1S/C22H18N4O/c27-21-15-10-16-6-4-5-9-20(16)22(21)26-25-19-13-11-18(12-14-19)24-23-17-7-2-1-3-8-17/h1-16,20,25H/b24-23?,26-22-. The largest absolute Gasteiger partial charge is 0.288 e. The first-order chi connectivity index (χ1) is 13.3. The third-order valence-electron chi connectivity index (χ3n) is 4.43. The van der Waals surface area contributed by atoms with E-state index in [0.717, 1.165) is 17.1 Å². The lowest BCUT2D eigenvalue weighted by molar-refractivity contribution is -0.109. The van der Waals surface area contributed by atoms with Crippen molar-refractivity contribution in [2.24, 2.45) is 27.2 Å². The van der Waals surface area contributed by atoms with E-state index in [-0.39, 0.29) is 17.6 Å². The fourth-order valence-electron chi connectivity index (χ4n) is 3.00. The lowest BCUT2D eigenvalue weighted by atomic mass is 9.79. The molecule has 0 spiro atoms. The third-order valence-corrected chi connectivity index (χ3v) is 4.43. The lowest BCUT2D eigenvalue weighted by Crippen LogP contribution is -2.31. The molecule has 2 aliphatic carbocycles. The number of hydrazone groups is 1. The number of benzene rings is 2. The van der Waals surface area contributed by atoms with Crippen molar-refractivity contribution in [3.63, 3.8) is 0 Å². The van der Waals surface area contributed by atoms with E-state index in [9.17, 15) is 4.79 Å². The van der Waals surface area contributed by atoms with Crippen LogP contribution in [0.3, 0.4) is 0 Å². The van der Waals surface area contributed by atoms with Crippen molar-refractivity contribution in [2.75, 3.05) is 5.43 Å². The predicted molar refractivity (Wildman–Crippen MR) is 108 cm³/mol. The molecular formula is C22H18N4O. The van der Waals surface area contributed by atoms with Crippen LogP contribution in [0, 0.1) is 11.8 Å². The Kier molecular flexibility index (Phi) is 4.83. The van der Waals surface area contributed by atoms with Crippen molar-refractivity contribution >= 4 is 28.6 Å². The zero-order chi connectivity index (χ0) is 18.5. The molecule has 0 aromatic heterocycles. The Morgan fingerprint density at radius 1 is 0.778 bits per heavy atom. The highest BCUT2D eigenvalue weighted by atomic mass is 16.1. The van der Waals surface area contributed by atoms with Gasteiger partial charge in [0.05, 0.1) is 17.1 Å². The summed E-state index contributed by atoms with van der Waals surface area (Å²) < 4.78 is 0. The molecule has 5 nitrogen and oxygen atoms in total. The van der Waals surface area contributed by atoms with Gasteiger partial charge in [0.1, 0.15) is 5.71 Å². The number of carbonyl (C=O) groups excluding carboxylic acids is 1. The van der Waals surface area contributed by atoms with Crippen molar-refractivity contribution < 1.29 is 4.79 Å². The number of nitrogens with zero attached hydrogens (tertiary/aromatic N) is 3. The van der Waals surface area contributed by atoms with Gasteiger partial charge in [-0.3, -0.25) is 10.2 Å². The summed E-state index contributed by atoms with van der Waals surface area (Å²) in [4.78, 5) is 12.2. The Morgan fingerprint density at radius 2 is 1.48 bits per heavy atom. The van der Waals surface area contributed by atoms with Gasteiger partial charge in [-0.05, 0) is 42.5 Å². The Bertz CT molecular complexity index is 969. The number of rotatable bonds is 4. The molecule has 0 heterocycles. The number of hydrogen-bond donors (Lipinski definition) is 1. The average molecular weight is 354 g/mol. The van der Waals surface area contributed by atoms with Crippen molar-refractivity contribution in [3.8, 4) is 0 Å². The summed E-state index contributed by atoms with van der Waals surface area (Å²) in [5, 5.41) is 12.8. The molecule has 0 saturated heterocycles. The fraction of sp³-hybridized carbons (Fsp3) is 0.0909. The van der Waals surface area contributed by atoms with E-state index in [1.165, 1.54) is 0 Å². The van der Waals surface area contributed by atoms with Crippen LogP contribution in [0.5, 0.6) is 0 Å². The summed E-state index contributed by atoms with van der Waals surface area (Å²) in [7, 11) is 0. The first-order valence-corrected chi connectivity index (χ1v) is 8.77. The van der Waals surface area contributed by atoms with Gasteiger partial charge in [-0.25, -0.2) is 0 Å². The summed E-state index contributed by atoms with van der Waals surface area (Å²) >= 11 is 0. The highest BCUT2D eigenvalue weighted by molar-refractivity contribution is 6.46. The Morgan fingerprint density at radius 3 is 2.26 bits per heavy atom. The zero-order valence-corrected chi connectivity index (χ0v) is 14.6. The van der Waals surface area contributed by atoms with Gasteiger partial charge in [-0.2, -0.15) is 15.3 Å². The van der Waals surface area contributed by atoms with E-state index < -0.39 is 0 Å². The number of nitrogens with one attached hydrogen (secondary N) is 1. The molecule has 2 unspecified atom stereocenters. The molecule has 0 fully saturated rings. The van der Waals surface area contributed by atoms with Crippen molar-refractivity contribution in [2.45, 2.75) is 0 Å². The van der Waals surface area contributed by atoms with E-state index in [0.29, 0.717) is 5.71 Å². The van der Waals surface area contributed by atoms with Crippen LogP contribution < -0.4 is 5.43 Å². The molecule has 132 valence electrons. The van der Waals surface area contributed by atoms with E-state index >= 15 is 0 Å². The summed E-state index contributed by atoms with van der Waals surface area (Å²) in [5.41, 5.74) is 5.84. The molecule has 5 heteroatoms. The van der Waals surface area contributed by atoms with E-state index in [4.69, 9.17) is 0 Å². The maximum atomic E-state index is 12.2. The van der Waals surface area contributed by atoms with Crippen LogP contribution in [0.25, 0.3) is 0 Å². The molecule has 0 saturated carbocycles. The SMILES string of the molecule is O=C1C=CC2C=CC=CC2/C1=N/Nc1ccc(N=Nc2ccccc2)cc1. The number of anilines is 1. The first kappa shape index (κ1) is 16.8. The molecule has 0 aliphatic heterocycles. The van der Waals surface area contributed by atoms with Crippen molar-refractivity contribution in [1.29, 1.82) is 0 Å². The molecule has 0 bridgehead atoms. The Balaban J connectivity index is 1.45. The molecule has 2 aromatic carbocycles. The third kappa shape index (κ3) is 3.98. The van der Waals surface area contributed by atoms with Gasteiger partial charge in [0.15, 0.2) is 0 Å². The molecule has 4 rings (SSSR count). The molecule has 2 aliphatic rings. The fourth-order valence-corrected chi connectivity index (χ4v) is 3.00. The number of hydrogen-bond acceptors (Lipinski definition) is 5. The van der Waals surface area contributed by atoms with Crippen LogP contribution in [0.2, 0.25) is 0 Å². The monoisotopic (exact) mass is 354 g/mol. The van der Waals surface area contributed by atoms with Crippen LogP contribution >= 0.6 is 0 Å². The Labute approximate surface area is 157 Å². The second-order valence-electron chi connectivity index (χ2n) is 6.29. The van der Waals surface area contributed by atoms with Gasteiger partial charge in [0, 0.05) is 11.8 Å². The molecule has 27 heavy (non-hydrogen) atoms. The maximum absolute atomic E-state index is 12.2. The minimum atomic E-state index is -0.0584. The topological polar surface area (TPSA) is 66.2 Å². The molecule has 0 radical (unpaired) electrons. The number of ketones is 1. The quantitative estimate of drug-likeness (QED) is 0.593. The molecule has 1 N–H and O–H groups in total. The zero-order valence-electron chi connectivity index (χ0n) is 14.6.